The van der Waals surface area contributed by atoms with Crippen molar-refractivity contribution in [2.75, 3.05) is 18.9 Å². The van der Waals surface area contributed by atoms with Crippen LogP contribution >= 0.6 is 15.9 Å². The zero-order chi connectivity index (χ0) is 20.3. The van der Waals surface area contributed by atoms with Gasteiger partial charge in [-0.2, -0.15) is 0 Å². The quantitative estimate of drug-likeness (QED) is 0.645. The summed E-state index contributed by atoms with van der Waals surface area (Å²) in [4.78, 5) is 31.1. The Balaban J connectivity index is 1.70. The third-order valence-corrected chi connectivity index (χ3v) is 5.46. The van der Waals surface area contributed by atoms with Gasteiger partial charge in [0.2, 0.25) is 11.8 Å². The first-order chi connectivity index (χ1) is 13.4. The second kappa shape index (κ2) is 8.52. The number of para-hydroxylation sites is 2. The molecule has 1 aromatic heterocycles. The van der Waals surface area contributed by atoms with E-state index in [4.69, 9.17) is 0 Å². The van der Waals surface area contributed by atoms with E-state index < -0.39 is 0 Å². The summed E-state index contributed by atoms with van der Waals surface area (Å²) in [6.07, 6.45) is 0.217. The number of amides is 2. The fourth-order valence-corrected chi connectivity index (χ4v) is 3.56. The smallest absolute Gasteiger partial charge is 0.244 e. The number of fused-ring (bicyclic) bond motifs is 1. The number of nitrogens with zero attached hydrogens (tertiary/aromatic N) is 2. The number of aryl methyl sites for hydroxylation is 2. The summed E-state index contributed by atoms with van der Waals surface area (Å²) in [6.45, 7) is 3.92. The highest BCUT2D eigenvalue weighted by atomic mass is 79.9. The zero-order valence-electron chi connectivity index (χ0n) is 16.1. The van der Waals surface area contributed by atoms with Gasteiger partial charge >= 0.3 is 0 Å². The van der Waals surface area contributed by atoms with Crippen LogP contribution < -0.4 is 5.32 Å². The number of anilines is 1. The maximum atomic E-state index is 12.7. The van der Waals surface area contributed by atoms with Crippen LogP contribution in [0.1, 0.15) is 16.8 Å². The van der Waals surface area contributed by atoms with Gasteiger partial charge in [-0.05, 0) is 59.1 Å². The predicted octanol–water partition coefficient (Wildman–Crippen LogP) is 4.25. The third kappa shape index (κ3) is 4.39. The van der Waals surface area contributed by atoms with E-state index in [-0.39, 0.29) is 24.8 Å². The minimum absolute atomic E-state index is 0.0146. The molecule has 0 fully saturated rings. The largest absolute Gasteiger partial charge is 0.336 e. The molecule has 0 radical (unpaired) electrons. The van der Waals surface area contributed by atoms with E-state index in [0.29, 0.717) is 5.69 Å². The summed E-state index contributed by atoms with van der Waals surface area (Å²) >= 11 is 3.40. The average Bonchev–Trinajstić information content (AvgIpc) is 2.66. The highest BCUT2D eigenvalue weighted by Crippen LogP contribution is 2.23. The van der Waals surface area contributed by atoms with Crippen LogP contribution in [-0.2, 0) is 16.0 Å². The monoisotopic (exact) mass is 439 g/mol. The number of hydrogen-bond donors (Lipinski definition) is 1. The molecule has 0 saturated heterocycles. The van der Waals surface area contributed by atoms with Gasteiger partial charge in [-0.3, -0.25) is 14.6 Å². The molecule has 0 aliphatic heterocycles. The summed E-state index contributed by atoms with van der Waals surface area (Å²) in [5.74, 6) is -0.363. The Bertz CT molecular complexity index is 1050. The lowest BCUT2D eigenvalue weighted by atomic mass is 9.99. The summed E-state index contributed by atoms with van der Waals surface area (Å²) < 4.78 is 0.797. The number of nitrogens with one attached hydrogen (secondary N) is 1. The molecule has 3 rings (SSSR count). The molecule has 1 N–H and O–H groups in total. The van der Waals surface area contributed by atoms with Gasteiger partial charge < -0.3 is 10.2 Å². The van der Waals surface area contributed by atoms with Crippen molar-refractivity contribution in [3.05, 3.63) is 69.8 Å². The lowest BCUT2D eigenvalue weighted by Gasteiger charge is -2.19. The second-order valence-corrected chi connectivity index (χ2v) is 7.63. The van der Waals surface area contributed by atoms with Crippen molar-refractivity contribution in [2.24, 2.45) is 0 Å². The number of rotatable bonds is 5. The number of pyridine rings is 1. The van der Waals surface area contributed by atoms with Crippen molar-refractivity contribution in [1.29, 1.82) is 0 Å². The SMILES string of the molecule is Cc1nc2ccccc2c(C)c1CC(=O)N(C)CC(=O)Nc1ccccc1Br. The highest BCUT2D eigenvalue weighted by Gasteiger charge is 2.18. The minimum Gasteiger partial charge on any atom is -0.336 e. The molecule has 3 aromatic rings. The molecule has 6 heteroatoms. The molecule has 0 aliphatic carbocycles. The standard InChI is InChI=1S/C22H22BrN3O2/c1-14-16-8-4-6-10-19(16)24-15(2)17(14)12-22(28)26(3)13-21(27)25-20-11-7-5-9-18(20)23/h4-11H,12-13H2,1-3H3,(H,25,27). The van der Waals surface area contributed by atoms with Crippen LogP contribution in [0.5, 0.6) is 0 Å². The van der Waals surface area contributed by atoms with Crippen molar-refractivity contribution in [2.45, 2.75) is 20.3 Å². The van der Waals surface area contributed by atoms with Crippen molar-refractivity contribution < 1.29 is 9.59 Å². The van der Waals surface area contributed by atoms with E-state index in [1.54, 1.807) is 13.1 Å². The molecule has 28 heavy (non-hydrogen) atoms. The summed E-state index contributed by atoms with van der Waals surface area (Å²) in [5.41, 5.74) is 4.42. The number of halogens is 1. The van der Waals surface area contributed by atoms with Gasteiger partial charge in [0.1, 0.15) is 0 Å². The molecule has 0 atom stereocenters. The molecule has 144 valence electrons. The number of aromatic nitrogens is 1. The first-order valence-corrected chi connectivity index (χ1v) is 9.79. The van der Waals surface area contributed by atoms with Crippen molar-refractivity contribution in [3.63, 3.8) is 0 Å². The predicted molar refractivity (Wildman–Crippen MR) is 115 cm³/mol. The van der Waals surface area contributed by atoms with Crippen LogP contribution in [0, 0.1) is 13.8 Å². The van der Waals surface area contributed by atoms with Crippen LogP contribution in [0.3, 0.4) is 0 Å². The van der Waals surface area contributed by atoms with Gasteiger partial charge in [0.05, 0.1) is 24.2 Å². The van der Waals surface area contributed by atoms with E-state index in [2.05, 4.69) is 26.2 Å². The normalized spacial score (nSPS) is 10.7. The molecule has 2 amide bonds. The highest BCUT2D eigenvalue weighted by molar-refractivity contribution is 9.10. The van der Waals surface area contributed by atoms with Crippen molar-refractivity contribution in [3.8, 4) is 0 Å². The Morgan fingerprint density at radius 2 is 1.75 bits per heavy atom. The molecular formula is C22H22BrN3O2. The van der Waals surface area contributed by atoms with Crippen molar-refractivity contribution in [1.82, 2.24) is 9.88 Å². The number of carbonyl (C=O) groups excluding carboxylic acids is 2. The lowest BCUT2D eigenvalue weighted by molar-refractivity contribution is -0.132. The first kappa shape index (κ1) is 20.0. The molecular weight excluding hydrogens is 418 g/mol. The Morgan fingerprint density at radius 3 is 2.50 bits per heavy atom. The number of carbonyl (C=O) groups is 2. The minimum atomic E-state index is -0.243. The number of hydrogen-bond acceptors (Lipinski definition) is 3. The summed E-state index contributed by atoms with van der Waals surface area (Å²) in [5, 5.41) is 3.86. The van der Waals surface area contributed by atoms with Gasteiger partial charge in [-0.1, -0.05) is 30.3 Å². The second-order valence-electron chi connectivity index (χ2n) is 6.77. The van der Waals surface area contributed by atoms with E-state index in [1.807, 2.05) is 56.3 Å². The first-order valence-electron chi connectivity index (χ1n) is 9.00. The topological polar surface area (TPSA) is 62.3 Å². The van der Waals surface area contributed by atoms with E-state index in [0.717, 1.165) is 32.2 Å². The van der Waals surface area contributed by atoms with Crippen LogP contribution in [-0.4, -0.2) is 35.3 Å². The Hall–Kier alpha value is -2.73. The average molecular weight is 440 g/mol. The Morgan fingerprint density at radius 1 is 1.07 bits per heavy atom. The fourth-order valence-electron chi connectivity index (χ4n) is 3.17. The lowest BCUT2D eigenvalue weighted by Crippen LogP contribution is -2.36. The molecule has 2 aromatic carbocycles. The molecule has 1 heterocycles. The van der Waals surface area contributed by atoms with Gasteiger partial charge in [-0.15, -0.1) is 0 Å². The summed E-state index contributed by atoms with van der Waals surface area (Å²) in [7, 11) is 1.64. The molecule has 0 spiro atoms. The molecule has 0 saturated carbocycles. The number of benzene rings is 2. The third-order valence-electron chi connectivity index (χ3n) is 4.77. The van der Waals surface area contributed by atoms with Gasteiger partial charge in [0.25, 0.3) is 0 Å². The van der Waals surface area contributed by atoms with E-state index >= 15 is 0 Å². The molecule has 0 aliphatic rings. The molecule has 5 nitrogen and oxygen atoms in total. The maximum Gasteiger partial charge on any atom is 0.244 e. The summed E-state index contributed by atoms with van der Waals surface area (Å²) in [6, 6.07) is 15.3. The fraction of sp³-hybridized carbons (Fsp3) is 0.227. The molecule has 0 bridgehead atoms. The van der Waals surface area contributed by atoms with E-state index in [9.17, 15) is 9.59 Å². The van der Waals surface area contributed by atoms with Gasteiger partial charge in [-0.25, -0.2) is 0 Å². The number of likely N-dealkylation sites (N-methyl/N-ethyl adjacent to an activating group) is 1. The zero-order valence-corrected chi connectivity index (χ0v) is 17.7. The van der Waals surface area contributed by atoms with Crippen LogP contribution in [0.25, 0.3) is 10.9 Å². The Labute approximate surface area is 172 Å². The molecule has 0 unspecified atom stereocenters. The van der Waals surface area contributed by atoms with Gasteiger partial charge in [0, 0.05) is 22.6 Å². The van der Waals surface area contributed by atoms with Gasteiger partial charge in [0.15, 0.2) is 0 Å². The van der Waals surface area contributed by atoms with Crippen LogP contribution in [0.4, 0.5) is 5.69 Å². The Kier molecular flexibility index (Phi) is 6.09. The maximum absolute atomic E-state index is 12.7. The van der Waals surface area contributed by atoms with Crippen LogP contribution in [0.2, 0.25) is 0 Å². The van der Waals surface area contributed by atoms with E-state index in [1.165, 1.54) is 4.90 Å². The van der Waals surface area contributed by atoms with Crippen molar-refractivity contribution >= 4 is 44.3 Å². The van der Waals surface area contributed by atoms with Crippen LogP contribution in [0.15, 0.2) is 53.0 Å².